The van der Waals surface area contributed by atoms with Crippen molar-refractivity contribution >= 4 is 0 Å². The van der Waals surface area contributed by atoms with Gasteiger partial charge in [-0.25, -0.2) is 0 Å². The highest BCUT2D eigenvalue weighted by Gasteiger charge is 2.24. The van der Waals surface area contributed by atoms with Gasteiger partial charge < -0.3 is 14.5 Å². The molecule has 0 saturated heterocycles. The van der Waals surface area contributed by atoms with E-state index in [0.29, 0.717) is 0 Å². The molecule has 0 amide bonds. The fraction of sp³-hybridized carbons (Fsp3) is 0.462. The number of ether oxygens (including phenoxy) is 1. The van der Waals surface area contributed by atoms with Crippen LogP contribution < -0.4 is 10.1 Å². The molecular formula is C13H19N3O2. The number of hydrogen-bond acceptors (Lipinski definition) is 4. The maximum atomic E-state index is 5.39. The lowest BCUT2D eigenvalue weighted by molar-refractivity contribution is 0.400. The molecule has 2 aromatic heterocycles. The van der Waals surface area contributed by atoms with E-state index in [1.165, 1.54) is 0 Å². The van der Waals surface area contributed by atoms with Crippen LogP contribution >= 0.6 is 0 Å². The number of aromatic nitrogens is 2. The highest BCUT2D eigenvalue weighted by Crippen LogP contribution is 2.31. The van der Waals surface area contributed by atoms with Gasteiger partial charge in [0, 0.05) is 12.1 Å². The Morgan fingerprint density at radius 1 is 1.56 bits per heavy atom. The Bertz CT molecular complexity index is 495. The van der Waals surface area contributed by atoms with Gasteiger partial charge in [-0.2, -0.15) is 5.10 Å². The molecule has 2 heterocycles. The van der Waals surface area contributed by atoms with Crippen LogP contribution in [0.4, 0.5) is 0 Å². The van der Waals surface area contributed by atoms with E-state index < -0.39 is 0 Å². The lowest BCUT2D eigenvalue weighted by atomic mass is 10.0. The number of nitrogens with zero attached hydrogens (tertiary/aromatic N) is 2. The maximum Gasteiger partial charge on any atom is 0.161 e. The smallest absolute Gasteiger partial charge is 0.161 e. The van der Waals surface area contributed by atoms with Crippen molar-refractivity contribution in [2.45, 2.75) is 26.4 Å². The van der Waals surface area contributed by atoms with E-state index in [2.05, 4.69) is 17.3 Å². The molecule has 0 fully saturated rings. The quantitative estimate of drug-likeness (QED) is 0.882. The minimum atomic E-state index is 0.0150. The van der Waals surface area contributed by atoms with Crippen LogP contribution in [0, 0.1) is 6.92 Å². The number of aryl methyl sites for hydroxylation is 2. The Hall–Kier alpha value is -1.75. The monoisotopic (exact) mass is 249 g/mol. The standard InChI is InChI=1S/C13H19N3O2/c1-5-16-13(11(17-4)8-15-16)12(14-3)10-6-7-18-9(10)2/h6-8,12,14H,5H2,1-4H3. The topological polar surface area (TPSA) is 52.2 Å². The maximum absolute atomic E-state index is 5.39. The van der Waals surface area contributed by atoms with Crippen LogP contribution in [0.3, 0.4) is 0 Å². The first-order chi connectivity index (χ1) is 8.72. The van der Waals surface area contributed by atoms with Crippen molar-refractivity contribution in [3.63, 3.8) is 0 Å². The molecule has 5 nitrogen and oxygen atoms in total. The molecule has 98 valence electrons. The molecule has 0 aromatic carbocycles. The minimum absolute atomic E-state index is 0.0150. The SMILES string of the molecule is CCn1ncc(OC)c1C(NC)c1ccoc1C. The highest BCUT2D eigenvalue weighted by atomic mass is 16.5. The van der Waals surface area contributed by atoms with Gasteiger partial charge in [-0.1, -0.05) is 0 Å². The summed E-state index contributed by atoms with van der Waals surface area (Å²) in [6.45, 7) is 4.82. The zero-order valence-corrected chi connectivity index (χ0v) is 11.2. The van der Waals surface area contributed by atoms with Gasteiger partial charge in [0.25, 0.3) is 0 Å². The van der Waals surface area contributed by atoms with Crippen molar-refractivity contribution in [1.29, 1.82) is 0 Å². The Kier molecular flexibility index (Phi) is 3.72. The molecule has 5 heteroatoms. The lowest BCUT2D eigenvalue weighted by Gasteiger charge is -2.18. The van der Waals surface area contributed by atoms with Gasteiger partial charge in [-0.15, -0.1) is 0 Å². The Morgan fingerprint density at radius 3 is 2.83 bits per heavy atom. The summed E-state index contributed by atoms with van der Waals surface area (Å²) in [6.07, 6.45) is 3.45. The molecule has 2 aromatic rings. The molecule has 1 atom stereocenters. The van der Waals surface area contributed by atoms with Gasteiger partial charge in [0.15, 0.2) is 5.75 Å². The van der Waals surface area contributed by atoms with Gasteiger partial charge >= 0.3 is 0 Å². The lowest BCUT2D eigenvalue weighted by Crippen LogP contribution is -2.22. The van der Waals surface area contributed by atoms with E-state index >= 15 is 0 Å². The Morgan fingerprint density at radius 2 is 2.33 bits per heavy atom. The van der Waals surface area contributed by atoms with Crippen molar-refractivity contribution in [2.75, 3.05) is 14.2 Å². The number of hydrogen-bond donors (Lipinski definition) is 1. The second-order valence-electron chi connectivity index (χ2n) is 4.07. The number of methoxy groups -OCH3 is 1. The van der Waals surface area contributed by atoms with Gasteiger partial charge in [0.1, 0.15) is 11.5 Å². The molecule has 0 radical (unpaired) electrons. The van der Waals surface area contributed by atoms with Crippen molar-refractivity contribution < 1.29 is 9.15 Å². The zero-order chi connectivity index (χ0) is 13.1. The van der Waals surface area contributed by atoms with Crippen LogP contribution in [-0.2, 0) is 6.54 Å². The summed E-state index contributed by atoms with van der Waals surface area (Å²) in [5.74, 6) is 1.69. The highest BCUT2D eigenvalue weighted by molar-refractivity contribution is 5.37. The molecule has 2 rings (SSSR count). The zero-order valence-electron chi connectivity index (χ0n) is 11.2. The van der Waals surface area contributed by atoms with E-state index in [0.717, 1.165) is 29.3 Å². The minimum Gasteiger partial charge on any atom is -0.493 e. The summed E-state index contributed by atoms with van der Waals surface area (Å²) < 4.78 is 12.7. The average Bonchev–Trinajstić information content (AvgIpc) is 2.98. The van der Waals surface area contributed by atoms with Crippen molar-refractivity contribution in [2.24, 2.45) is 0 Å². The first-order valence-electron chi connectivity index (χ1n) is 6.03. The second-order valence-corrected chi connectivity index (χ2v) is 4.07. The van der Waals surface area contributed by atoms with Crippen LogP contribution in [0.15, 0.2) is 22.9 Å². The molecule has 0 saturated carbocycles. The summed E-state index contributed by atoms with van der Waals surface area (Å²) in [5, 5.41) is 7.63. The summed E-state index contributed by atoms with van der Waals surface area (Å²) >= 11 is 0. The summed E-state index contributed by atoms with van der Waals surface area (Å²) in [7, 11) is 3.58. The third kappa shape index (κ3) is 2.01. The van der Waals surface area contributed by atoms with E-state index in [1.54, 1.807) is 19.6 Å². The first-order valence-corrected chi connectivity index (χ1v) is 6.03. The van der Waals surface area contributed by atoms with E-state index in [9.17, 15) is 0 Å². The Balaban J connectivity index is 2.50. The van der Waals surface area contributed by atoms with Crippen molar-refractivity contribution in [1.82, 2.24) is 15.1 Å². The van der Waals surface area contributed by atoms with Crippen LogP contribution in [0.5, 0.6) is 5.75 Å². The van der Waals surface area contributed by atoms with Crippen LogP contribution in [0.25, 0.3) is 0 Å². The normalized spacial score (nSPS) is 12.7. The summed E-state index contributed by atoms with van der Waals surface area (Å²) in [4.78, 5) is 0. The Labute approximate surface area is 107 Å². The summed E-state index contributed by atoms with van der Waals surface area (Å²) in [6, 6.07) is 1.99. The number of furan rings is 1. The fourth-order valence-corrected chi connectivity index (χ4v) is 2.21. The summed E-state index contributed by atoms with van der Waals surface area (Å²) in [5.41, 5.74) is 2.12. The fourth-order valence-electron chi connectivity index (χ4n) is 2.21. The number of rotatable bonds is 5. The van der Waals surface area contributed by atoms with Crippen LogP contribution in [0.1, 0.15) is 30.0 Å². The van der Waals surface area contributed by atoms with Gasteiger partial charge in [-0.05, 0) is 27.0 Å². The molecule has 0 aliphatic carbocycles. The van der Waals surface area contributed by atoms with Gasteiger partial charge in [0.05, 0.1) is 25.6 Å². The van der Waals surface area contributed by atoms with E-state index in [4.69, 9.17) is 9.15 Å². The molecule has 1 unspecified atom stereocenters. The van der Waals surface area contributed by atoms with E-state index in [1.807, 2.05) is 24.7 Å². The first kappa shape index (κ1) is 12.7. The molecule has 0 bridgehead atoms. The van der Waals surface area contributed by atoms with Crippen molar-refractivity contribution in [3.05, 3.63) is 35.5 Å². The van der Waals surface area contributed by atoms with Gasteiger partial charge in [-0.3, -0.25) is 4.68 Å². The number of nitrogens with one attached hydrogen (secondary N) is 1. The van der Waals surface area contributed by atoms with Crippen LogP contribution in [0.2, 0.25) is 0 Å². The average molecular weight is 249 g/mol. The van der Waals surface area contributed by atoms with Crippen molar-refractivity contribution in [3.8, 4) is 5.75 Å². The predicted octanol–water partition coefficient (Wildman–Crippen LogP) is 2.12. The third-order valence-electron chi connectivity index (χ3n) is 3.14. The molecule has 0 aliphatic rings. The molecule has 1 N–H and O–H groups in total. The molecule has 18 heavy (non-hydrogen) atoms. The van der Waals surface area contributed by atoms with Gasteiger partial charge in [0.2, 0.25) is 0 Å². The van der Waals surface area contributed by atoms with Crippen LogP contribution in [-0.4, -0.2) is 23.9 Å². The third-order valence-corrected chi connectivity index (χ3v) is 3.14. The predicted molar refractivity (Wildman–Crippen MR) is 68.8 cm³/mol. The largest absolute Gasteiger partial charge is 0.493 e. The second kappa shape index (κ2) is 5.27. The molecule has 0 aliphatic heterocycles. The van der Waals surface area contributed by atoms with E-state index in [-0.39, 0.29) is 6.04 Å². The molecule has 0 spiro atoms. The molecular weight excluding hydrogens is 230 g/mol.